The number of nitrogens with two attached hydrogens (primary N) is 1. The molecule has 0 saturated carbocycles. The number of halogens is 2. The maximum atomic E-state index is 13.3. The summed E-state index contributed by atoms with van der Waals surface area (Å²) in [7, 11) is 1.62. The third-order valence-corrected chi connectivity index (χ3v) is 2.72. The van der Waals surface area contributed by atoms with Crippen LogP contribution in [0.25, 0.3) is 12.2 Å². The van der Waals surface area contributed by atoms with Gasteiger partial charge in [-0.15, -0.1) is 0 Å². The summed E-state index contributed by atoms with van der Waals surface area (Å²) < 4.78 is 18.4. The Bertz CT molecular complexity index is 565. The number of hydrogen-bond donors (Lipinski definition) is 1. The first-order chi connectivity index (χ1) is 8.58. The van der Waals surface area contributed by atoms with Gasteiger partial charge in [-0.05, 0) is 36.4 Å². The molecule has 5 heteroatoms. The fourth-order valence-electron chi connectivity index (χ4n) is 1.58. The summed E-state index contributed by atoms with van der Waals surface area (Å²) in [4.78, 5) is 0. The van der Waals surface area contributed by atoms with Crippen LogP contribution in [0.5, 0.6) is 0 Å². The molecule has 1 heterocycles. The van der Waals surface area contributed by atoms with Gasteiger partial charge in [0.25, 0.3) is 0 Å². The average molecular weight is 267 g/mol. The normalized spacial score (nSPS) is 11.1. The fraction of sp³-hybridized carbons (Fsp3) is 0.0769. The van der Waals surface area contributed by atoms with Crippen molar-refractivity contribution in [2.24, 2.45) is 5.84 Å². The molecule has 0 fully saturated rings. The molecule has 18 heavy (non-hydrogen) atoms. The molecule has 2 rings (SSSR count). The maximum Gasteiger partial charge on any atom is 0.126 e. The molecule has 0 aliphatic rings. The second-order valence-electron chi connectivity index (χ2n) is 3.78. The largest absolute Gasteiger partial charge is 0.465 e. The SMILES string of the molecule is CN(N)c1cc(F)cc(Cl)c1/C=C/c1ccco1. The number of hydrogen-bond acceptors (Lipinski definition) is 3. The number of hydrazine groups is 1. The molecule has 1 aromatic carbocycles. The van der Waals surface area contributed by atoms with Gasteiger partial charge in [0, 0.05) is 12.6 Å². The lowest BCUT2D eigenvalue weighted by molar-refractivity contribution is 0.557. The van der Waals surface area contributed by atoms with Crippen LogP contribution in [-0.2, 0) is 0 Å². The molecule has 2 aromatic rings. The van der Waals surface area contributed by atoms with E-state index in [1.807, 2.05) is 0 Å². The molecule has 0 radical (unpaired) electrons. The van der Waals surface area contributed by atoms with Gasteiger partial charge in [0.2, 0.25) is 0 Å². The molecule has 0 saturated heterocycles. The Labute approximate surface area is 109 Å². The molecule has 0 bridgehead atoms. The van der Waals surface area contributed by atoms with Gasteiger partial charge in [-0.2, -0.15) is 0 Å². The van der Waals surface area contributed by atoms with Gasteiger partial charge >= 0.3 is 0 Å². The van der Waals surface area contributed by atoms with E-state index in [0.29, 0.717) is 22.0 Å². The number of anilines is 1. The van der Waals surface area contributed by atoms with Crippen molar-refractivity contribution in [1.82, 2.24) is 0 Å². The fourth-order valence-corrected chi connectivity index (χ4v) is 1.84. The number of nitrogens with zero attached hydrogens (tertiary/aromatic N) is 1. The highest BCUT2D eigenvalue weighted by Crippen LogP contribution is 2.29. The lowest BCUT2D eigenvalue weighted by Crippen LogP contribution is -2.26. The minimum atomic E-state index is -0.428. The van der Waals surface area contributed by atoms with Gasteiger partial charge in [-0.3, -0.25) is 0 Å². The number of furan rings is 1. The van der Waals surface area contributed by atoms with Crippen LogP contribution in [0, 0.1) is 5.82 Å². The lowest BCUT2D eigenvalue weighted by atomic mass is 10.1. The second kappa shape index (κ2) is 5.25. The monoisotopic (exact) mass is 266 g/mol. The Hall–Kier alpha value is -1.78. The third kappa shape index (κ3) is 2.72. The molecule has 3 nitrogen and oxygen atoms in total. The van der Waals surface area contributed by atoms with Crippen LogP contribution >= 0.6 is 11.6 Å². The molecule has 94 valence electrons. The van der Waals surface area contributed by atoms with Gasteiger partial charge in [0.15, 0.2) is 0 Å². The summed E-state index contributed by atoms with van der Waals surface area (Å²) >= 11 is 6.01. The lowest BCUT2D eigenvalue weighted by Gasteiger charge is -2.16. The summed E-state index contributed by atoms with van der Waals surface area (Å²) in [6.45, 7) is 0. The van der Waals surface area contributed by atoms with Crippen molar-refractivity contribution in [3.05, 3.63) is 52.7 Å². The predicted molar refractivity (Wildman–Crippen MR) is 71.6 cm³/mol. The maximum absolute atomic E-state index is 13.3. The van der Waals surface area contributed by atoms with Crippen LogP contribution in [0.1, 0.15) is 11.3 Å². The van der Waals surface area contributed by atoms with Crippen molar-refractivity contribution in [2.75, 3.05) is 12.1 Å². The number of benzene rings is 1. The molecular formula is C13H12ClFN2O. The highest BCUT2D eigenvalue weighted by atomic mass is 35.5. The first kappa shape index (κ1) is 12.7. The molecule has 2 N–H and O–H groups in total. The highest BCUT2D eigenvalue weighted by Gasteiger charge is 2.09. The molecule has 1 aromatic heterocycles. The smallest absolute Gasteiger partial charge is 0.126 e. The molecule has 0 aliphatic carbocycles. The van der Waals surface area contributed by atoms with E-state index in [-0.39, 0.29) is 0 Å². The minimum absolute atomic E-state index is 0.296. The van der Waals surface area contributed by atoms with Crippen LogP contribution in [0.2, 0.25) is 5.02 Å². The zero-order valence-electron chi connectivity index (χ0n) is 9.73. The molecule has 0 aliphatic heterocycles. The van der Waals surface area contributed by atoms with Gasteiger partial charge in [0.05, 0.1) is 17.0 Å². The Morgan fingerprint density at radius 1 is 1.39 bits per heavy atom. The van der Waals surface area contributed by atoms with Gasteiger partial charge in [-0.25, -0.2) is 10.2 Å². The van der Waals surface area contributed by atoms with Crippen molar-refractivity contribution in [3.63, 3.8) is 0 Å². The van der Waals surface area contributed by atoms with E-state index in [9.17, 15) is 4.39 Å². The predicted octanol–water partition coefficient (Wildman–Crippen LogP) is 3.55. The highest BCUT2D eigenvalue weighted by molar-refractivity contribution is 6.32. The van der Waals surface area contributed by atoms with Crippen LogP contribution in [0.15, 0.2) is 34.9 Å². The van der Waals surface area contributed by atoms with Crippen molar-refractivity contribution in [1.29, 1.82) is 0 Å². The van der Waals surface area contributed by atoms with Crippen LogP contribution in [0.3, 0.4) is 0 Å². The molecule has 0 amide bonds. The van der Waals surface area contributed by atoms with Gasteiger partial charge in [0.1, 0.15) is 11.6 Å². The number of rotatable bonds is 3. The molecular weight excluding hydrogens is 255 g/mol. The van der Waals surface area contributed by atoms with Gasteiger partial charge in [-0.1, -0.05) is 11.6 Å². The van der Waals surface area contributed by atoms with Gasteiger partial charge < -0.3 is 9.43 Å². The van der Waals surface area contributed by atoms with Crippen LogP contribution < -0.4 is 10.9 Å². The molecule has 0 spiro atoms. The van der Waals surface area contributed by atoms with E-state index in [1.54, 1.807) is 37.6 Å². The van der Waals surface area contributed by atoms with Crippen molar-refractivity contribution in [3.8, 4) is 0 Å². The quantitative estimate of drug-likeness (QED) is 0.682. The zero-order chi connectivity index (χ0) is 13.1. The summed E-state index contributed by atoms with van der Waals surface area (Å²) in [6.07, 6.45) is 5.05. The first-order valence-electron chi connectivity index (χ1n) is 5.27. The van der Waals surface area contributed by atoms with E-state index in [2.05, 4.69) is 0 Å². The summed E-state index contributed by atoms with van der Waals surface area (Å²) in [5.74, 6) is 5.91. The summed E-state index contributed by atoms with van der Waals surface area (Å²) in [5, 5.41) is 1.61. The average Bonchev–Trinajstić information content (AvgIpc) is 2.79. The van der Waals surface area contributed by atoms with E-state index >= 15 is 0 Å². The van der Waals surface area contributed by atoms with E-state index in [1.165, 1.54) is 17.1 Å². The van der Waals surface area contributed by atoms with Crippen molar-refractivity contribution in [2.45, 2.75) is 0 Å². The Morgan fingerprint density at radius 3 is 2.78 bits per heavy atom. The standard InChI is InChI=1S/C13H12ClFN2O/c1-17(16)13-8-9(15)7-12(14)11(13)5-4-10-3-2-6-18-10/h2-8H,16H2,1H3/b5-4+. The van der Waals surface area contributed by atoms with Crippen LogP contribution in [-0.4, -0.2) is 7.05 Å². The zero-order valence-corrected chi connectivity index (χ0v) is 10.5. The van der Waals surface area contributed by atoms with Crippen molar-refractivity contribution >= 4 is 29.4 Å². The Balaban J connectivity index is 2.43. The Morgan fingerprint density at radius 2 is 2.17 bits per heavy atom. The first-order valence-corrected chi connectivity index (χ1v) is 5.65. The third-order valence-electron chi connectivity index (χ3n) is 2.41. The molecule has 0 unspecified atom stereocenters. The minimum Gasteiger partial charge on any atom is -0.465 e. The van der Waals surface area contributed by atoms with E-state index in [0.717, 1.165) is 0 Å². The second-order valence-corrected chi connectivity index (χ2v) is 4.19. The molecule has 0 atom stereocenters. The topological polar surface area (TPSA) is 42.4 Å². The Kier molecular flexibility index (Phi) is 3.69. The van der Waals surface area contributed by atoms with E-state index in [4.69, 9.17) is 21.9 Å². The van der Waals surface area contributed by atoms with Crippen molar-refractivity contribution < 1.29 is 8.81 Å². The van der Waals surface area contributed by atoms with E-state index < -0.39 is 5.82 Å². The van der Waals surface area contributed by atoms with Crippen LogP contribution in [0.4, 0.5) is 10.1 Å². The summed E-state index contributed by atoms with van der Waals surface area (Å²) in [6, 6.07) is 6.16. The summed E-state index contributed by atoms with van der Waals surface area (Å²) in [5.41, 5.74) is 1.14.